The highest BCUT2D eigenvalue weighted by Crippen LogP contribution is 2.15. The van der Waals surface area contributed by atoms with Crippen LogP contribution in [0, 0.1) is 6.92 Å². The molecule has 1 fully saturated rings. The SMILES string of the molecule is Cc1noc(CN2CCN(CCOc3ccc(Cl)cc3)CC2)n1. The minimum atomic E-state index is 0.685. The summed E-state index contributed by atoms with van der Waals surface area (Å²) in [6.45, 7) is 8.24. The number of hydrogen-bond acceptors (Lipinski definition) is 6. The van der Waals surface area contributed by atoms with Crippen LogP contribution in [0.1, 0.15) is 11.7 Å². The van der Waals surface area contributed by atoms with Crippen LogP contribution in [0.5, 0.6) is 5.75 Å². The van der Waals surface area contributed by atoms with Gasteiger partial charge in [0.05, 0.1) is 6.54 Å². The number of benzene rings is 1. The molecule has 2 aromatic rings. The van der Waals surface area contributed by atoms with Crippen molar-refractivity contribution in [2.75, 3.05) is 39.3 Å². The molecule has 23 heavy (non-hydrogen) atoms. The van der Waals surface area contributed by atoms with Crippen molar-refractivity contribution in [2.24, 2.45) is 0 Å². The molecule has 0 amide bonds. The largest absolute Gasteiger partial charge is 0.492 e. The van der Waals surface area contributed by atoms with Crippen LogP contribution in [-0.2, 0) is 6.54 Å². The Morgan fingerprint density at radius 1 is 1.13 bits per heavy atom. The molecule has 0 radical (unpaired) electrons. The minimum Gasteiger partial charge on any atom is -0.492 e. The molecule has 1 aliphatic heterocycles. The number of nitrogens with zero attached hydrogens (tertiary/aromatic N) is 4. The molecule has 7 heteroatoms. The average Bonchev–Trinajstić information content (AvgIpc) is 2.96. The van der Waals surface area contributed by atoms with E-state index in [9.17, 15) is 0 Å². The van der Waals surface area contributed by atoms with Gasteiger partial charge < -0.3 is 9.26 Å². The van der Waals surface area contributed by atoms with Crippen molar-refractivity contribution in [3.63, 3.8) is 0 Å². The maximum atomic E-state index is 5.86. The quantitative estimate of drug-likeness (QED) is 0.806. The molecule has 0 spiro atoms. The fourth-order valence-corrected chi connectivity index (χ4v) is 2.72. The third kappa shape index (κ3) is 4.92. The number of piperazine rings is 1. The lowest BCUT2D eigenvalue weighted by Gasteiger charge is -2.33. The first kappa shape index (κ1) is 16.2. The van der Waals surface area contributed by atoms with Crippen LogP contribution in [0.2, 0.25) is 5.02 Å². The average molecular weight is 337 g/mol. The molecule has 0 bridgehead atoms. The Morgan fingerprint density at radius 3 is 2.48 bits per heavy atom. The topological polar surface area (TPSA) is 54.6 Å². The molecule has 0 N–H and O–H groups in total. The first-order chi connectivity index (χ1) is 11.2. The fourth-order valence-electron chi connectivity index (χ4n) is 2.59. The van der Waals surface area contributed by atoms with E-state index in [1.54, 1.807) is 0 Å². The van der Waals surface area contributed by atoms with Gasteiger partial charge in [0.25, 0.3) is 0 Å². The lowest BCUT2D eigenvalue weighted by molar-refractivity contribution is 0.104. The van der Waals surface area contributed by atoms with E-state index in [4.69, 9.17) is 20.9 Å². The fraction of sp³-hybridized carbons (Fsp3) is 0.500. The molecule has 0 aliphatic carbocycles. The molecular weight excluding hydrogens is 316 g/mol. The number of aromatic nitrogens is 2. The van der Waals surface area contributed by atoms with Gasteiger partial charge in [-0.2, -0.15) is 4.98 Å². The smallest absolute Gasteiger partial charge is 0.240 e. The standard InChI is InChI=1S/C16H21ClN4O2/c1-13-18-16(23-19-13)12-21-8-6-20(7-9-21)10-11-22-15-4-2-14(17)3-5-15/h2-5H,6-12H2,1H3. The highest BCUT2D eigenvalue weighted by molar-refractivity contribution is 6.30. The summed E-state index contributed by atoms with van der Waals surface area (Å²) in [5.74, 6) is 2.25. The van der Waals surface area contributed by atoms with Crippen molar-refractivity contribution in [1.29, 1.82) is 0 Å². The van der Waals surface area contributed by atoms with Gasteiger partial charge in [-0.05, 0) is 31.2 Å². The first-order valence-electron chi connectivity index (χ1n) is 7.81. The molecule has 1 aliphatic rings. The second kappa shape index (κ2) is 7.77. The van der Waals surface area contributed by atoms with E-state index >= 15 is 0 Å². The molecule has 1 aromatic heterocycles. The Hall–Kier alpha value is -1.63. The van der Waals surface area contributed by atoms with Crippen LogP contribution in [0.15, 0.2) is 28.8 Å². The molecule has 6 nitrogen and oxygen atoms in total. The van der Waals surface area contributed by atoms with Crippen molar-refractivity contribution < 1.29 is 9.26 Å². The van der Waals surface area contributed by atoms with Gasteiger partial charge in [-0.25, -0.2) is 0 Å². The van der Waals surface area contributed by atoms with Crippen molar-refractivity contribution in [2.45, 2.75) is 13.5 Å². The molecule has 0 atom stereocenters. The zero-order valence-corrected chi connectivity index (χ0v) is 14.0. The van der Waals surface area contributed by atoms with Gasteiger partial charge in [-0.3, -0.25) is 9.80 Å². The first-order valence-corrected chi connectivity index (χ1v) is 8.19. The summed E-state index contributed by atoms with van der Waals surface area (Å²) >= 11 is 5.86. The highest BCUT2D eigenvalue weighted by Gasteiger charge is 2.18. The third-order valence-electron chi connectivity index (χ3n) is 3.88. The van der Waals surface area contributed by atoms with Gasteiger partial charge >= 0.3 is 0 Å². The summed E-state index contributed by atoms with van der Waals surface area (Å²) < 4.78 is 10.9. The third-order valence-corrected chi connectivity index (χ3v) is 4.14. The van der Waals surface area contributed by atoms with E-state index in [1.165, 1.54) is 0 Å². The van der Waals surface area contributed by atoms with Gasteiger partial charge in [-0.1, -0.05) is 16.8 Å². The van der Waals surface area contributed by atoms with Crippen LogP contribution >= 0.6 is 11.6 Å². The summed E-state index contributed by atoms with van der Waals surface area (Å²) in [7, 11) is 0. The zero-order chi connectivity index (χ0) is 16.1. The minimum absolute atomic E-state index is 0.685. The predicted molar refractivity (Wildman–Crippen MR) is 87.7 cm³/mol. The van der Waals surface area contributed by atoms with E-state index < -0.39 is 0 Å². The Balaban J connectivity index is 1.35. The van der Waals surface area contributed by atoms with Crippen LogP contribution in [0.4, 0.5) is 0 Å². The maximum absolute atomic E-state index is 5.86. The summed E-state index contributed by atoms with van der Waals surface area (Å²) in [6.07, 6.45) is 0. The molecule has 1 aromatic carbocycles. The number of aryl methyl sites for hydroxylation is 1. The number of halogens is 1. The lowest BCUT2D eigenvalue weighted by Crippen LogP contribution is -2.47. The second-order valence-electron chi connectivity index (χ2n) is 5.66. The molecule has 2 heterocycles. The Morgan fingerprint density at radius 2 is 1.83 bits per heavy atom. The molecule has 124 valence electrons. The number of ether oxygens (including phenoxy) is 1. The van der Waals surface area contributed by atoms with Gasteiger partial charge in [-0.15, -0.1) is 0 Å². The number of hydrogen-bond donors (Lipinski definition) is 0. The molecule has 3 rings (SSSR count). The molecule has 0 saturated carbocycles. The Kier molecular flexibility index (Phi) is 5.48. The van der Waals surface area contributed by atoms with E-state index in [-0.39, 0.29) is 0 Å². The molecule has 0 unspecified atom stereocenters. The summed E-state index contributed by atoms with van der Waals surface area (Å²) in [6, 6.07) is 7.48. The maximum Gasteiger partial charge on any atom is 0.240 e. The van der Waals surface area contributed by atoms with Crippen molar-refractivity contribution in [3.8, 4) is 5.75 Å². The Labute approximate surface area is 141 Å². The van der Waals surface area contributed by atoms with Crippen LogP contribution in [0.3, 0.4) is 0 Å². The summed E-state index contributed by atoms with van der Waals surface area (Å²) in [5, 5.41) is 4.55. The molecule has 1 saturated heterocycles. The lowest BCUT2D eigenvalue weighted by atomic mass is 10.3. The van der Waals surface area contributed by atoms with E-state index in [1.807, 2.05) is 31.2 Å². The predicted octanol–water partition coefficient (Wildman–Crippen LogP) is 2.23. The van der Waals surface area contributed by atoms with E-state index in [2.05, 4.69) is 19.9 Å². The second-order valence-corrected chi connectivity index (χ2v) is 6.09. The molecular formula is C16H21ClN4O2. The normalized spacial score (nSPS) is 16.6. The Bertz CT molecular complexity index is 609. The summed E-state index contributed by atoms with van der Waals surface area (Å²) in [4.78, 5) is 9.00. The highest BCUT2D eigenvalue weighted by atomic mass is 35.5. The van der Waals surface area contributed by atoms with E-state index in [0.717, 1.165) is 50.0 Å². The van der Waals surface area contributed by atoms with E-state index in [0.29, 0.717) is 18.3 Å². The number of rotatable bonds is 6. The van der Waals surface area contributed by atoms with Crippen LogP contribution in [-0.4, -0.2) is 59.3 Å². The zero-order valence-electron chi connectivity index (χ0n) is 13.2. The van der Waals surface area contributed by atoms with Crippen molar-refractivity contribution in [1.82, 2.24) is 19.9 Å². The van der Waals surface area contributed by atoms with Crippen LogP contribution in [0.25, 0.3) is 0 Å². The summed E-state index contributed by atoms with van der Waals surface area (Å²) in [5.41, 5.74) is 0. The van der Waals surface area contributed by atoms with Crippen molar-refractivity contribution >= 4 is 11.6 Å². The van der Waals surface area contributed by atoms with Gasteiger partial charge in [0, 0.05) is 37.7 Å². The monoisotopic (exact) mass is 336 g/mol. The van der Waals surface area contributed by atoms with Crippen molar-refractivity contribution in [3.05, 3.63) is 41.0 Å². The van der Waals surface area contributed by atoms with Gasteiger partial charge in [0.1, 0.15) is 12.4 Å². The van der Waals surface area contributed by atoms with Crippen LogP contribution < -0.4 is 4.74 Å². The van der Waals surface area contributed by atoms with Gasteiger partial charge in [0.15, 0.2) is 5.82 Å². The van der Waals surface area contributed by atoms with Gasteiger partial charge in [0.2, 0.25) is 5.89 Å².